The minimum atomic E-state index is 0.576. The molecule has 0 aromatic rings. The molecular weight excluding hydrogens is 252 g/mol. The zero-order valence-electron chi connectivity index (χ0n) is 12.2. The first kappa shape index (κ1) is 18.8. The first-order valence-corrected chi connectivity index (χ1v) is 6.79. The minimum Gasteiger partial charge on any atom is -0.382 e. The Morgan fingerprint density at radius 3 is 1.11 bits per heavy atom. The third-order valence-corrected chi connectivity index (χ3v) is 2.12. The van der Waals surface area contributed by atoms with Gasteiger partial charge in [-0.15, -0.1) is 0 Å². The Labute approximate surface area is 116 Å². The molecule has 0 spiro atoms. The van der Waals surface area contributed by atoms with Crippen LogP contribution < -0.4 is 0 Å². The van der Waals surface area contributed by atoms with Crippen molar-refractivity contribution in [3.63, 3.8) is 0 Å². The van der Waals surface area contributed by atoms with Gasteiger partial charge in [0.2, 0.25) is 0 Å². The van der Waals surface area contributed by atoms with Crippen molar-refractivity contribution in [2.45, 2.75) is 6.92 Å². The summed E-state index contributed by atoms with van der Waals surface area (Å²) in [5.41, 5.74) is 0. The van der Waals surface area contributed by atoms with E-state index in [0.717, 1.165) is 6.61 Å². The number of hydrogen-bond acceptors (Lipinski definition) is 6. The molecule has 0 aromatic heterocycles. The van der Waals surface area contributed by atoms with E-state index in [4.69, 9.17) is 28.4 Å². The van der Waals surface area contributed by atoms with Crippen LogP contribution in [0.25, 0.3) is 0 Å². The summed E-state index contributed by atoms with van der Waals surface area (Å²) in [6, 6.07) is 0. The fourth-order valence-electron chi connectivity index (χ4n) is 1.17. The van der Waals surface area contributed by atoms with Crippen molar-refractivity contribution in [2.75, 3.05) is 79.8 Å². The average molecular weight is 280 g/mol. The highest BCUT2D eigenvalue weighted by atomic mass is 16.6. The number of rotatable bonds is 16. The smallest absolute Gasteiger partial charge is 0.0701 e. The SMILES string of the molecule is CCOCCOCCOCCOCCOCCOC. The van der Waals surface area contributed by atoms with Crippen molar-refractivity contribution in [2.24, 2.45) is 0 Å². The molecule has 0 aromatic carbocycles. The molecule has 0 saturated carbocycles. The number of methoxy groups -OCH3 is 1. The van der Waals surface area contributed by atoms with E-state index in [1.54, 1.807) is 7.11 Å². The molecule has 0 saturated heterocycles. The van der Waals surface area contributed by atoms with Crippen LogP contribution in [0, 0.1) is 0 Å². The van der Waals surface area contributed by atoms with Gasteiger partial charge >= 0.3 is 0 Å². The molecule has 0 aliphatic rings. The summed E-state index contributed by atoms with van der Waals surface area (Å²) in [5.74, 6) is 0. The summed E-state index contributed by atoms with van der Waals surface area (Å²) < 4.78 is 31.2. The fraction of sp³-hybridized carbons (Fsp3) is 1.00. The lowest BCUT2D eigenvalue weighted by atomic mass is 10.7. The molecule has 6 heteroatoms. The first-order chi connectivity index (χ1) is 9.41. The van der Waals surface area contributed by atoms with Crippen LogP contribution in [0.4, 0.5) is 0 Å². The zero-order valence-corrected chi connectivity index (χ0v) is 12.2. The van der Waals surface area contributed by atoms with Crippen LogP contribution in [0.2, 0.25) is 0 Å². The first-order valence-electron chi connectivity index (χ1n) is 6.79. The van der Waals surface area contributed by atoms with Gasteiger partial charge in [0.1, 0.15) is 0 Å². The van der Waals surface area contributed by atoms with Crippen LogP contribution in [0.5, 0.6) is 0 Å². The van der Waals surface area contributed by atoms with Gasteiger partial charge in [-0.05, 0) is 6.92 Å². The third-order valence-electron chi connectivity index (χ3n) is 2.12. The van der Waals surface area contributed by atoms with Gasteiger partial charge in [-0.1, -0.05) is 0 Å². The van der Waals surface area contributed by atoms with Crippen molar-refractivity contribution in [3.8, 4) is 0 Å². The van der Waals surface area contributed by atoms with Crippen LogP contribution in [-0.2, 0) is 28.4 Å². The molecular formula is C13H28O6. The van der Waals surface area contributed by atoms with Gasteiger partial charge in [0.25, 0.3) is 0 Å². The molecule has 116 valence electrons. The summed E-state index contributed by atoms with van der Waals surface area (Å²) in [5, 5.41) is 0. The monoisotopic (exact) mass is 280 g/mol. The molecule has 0 bridgehead atoms. The second-order valence-corrected chi connectivity index (χ2v) is 3.64. The molecule has 6 nitrogen and oxygen atoms in total. The van der Waals surface area contributed by atoms with E-state index >= 15 is 0 Å². The largest absolute Gasteiger partial charge is 0.382 e. The number of ether oxygens (including phenoxy) is 6. The normalized spacial score (nSPS) is 11.1. The predicted octanol–water partition coefficient (Wildman–Crippen LogP) is 0.736. The highest BCUT2D eigenvalue weighted by molar-refractivity contribution is 4.35. The average Bonchev–Trinajstić information content (AvgIpc) is 2.43. The highest BCUT2D eigenvalue weighted by Gasteiger charge is 1.92. The molecule has 19 heavy (non-hydrogen) atoms. The maximum atomic E-state index is 5.33. The molecule has 0 atom stereocenters. The lowest BCUT2D eigenvalue weighted by Gasteiger charge is -2.07. The summed E-state index contributed by atoms with van der Waals surface area (Å²) in [6.45, 7) is 8.67. The lowest BCUT2D eigenvalue weighted by Crippen LogP contribution is -2.13. The van der Waals surface area contributed by atoms with E-state index in [2.05, 4.69) is 0 Å². The molecule has 0 radical (unpaired) electrons. The Hall–Kier alpha value is -0.240. The Morgan fingerprint density at radius 1 is 0.474 bits per heavy atom. The molecule has 0 aliphatic carbocycles. The Balaban J connectivity index is 2.88. The van der Waals surface area contributed by atoms with E-state index in [1.807, 2.05) is 6.92 Å². The van der Waals surface area contributed by atoms with E-state index in [9.17, 15) is 0 Å². The van der Waals surface area contributed by atoms with Crippen molar-refractivity contribution < 1.29 is 28.4 Å². The van der Waals surface area contributed by atoms with Gasteiger partial charge in [-0.2, -0.15) is 0 Å². The molecule has 0 amide bonds. The standard InChI is InChI=1S/C13H28O6/c1-3-15-6-7-17-10-11-19-13-12-18-9-8-16-5-4-14-2/h3-13H2,1-2H3. The highest BCUT2D eigenvalue weighted by Crippen LogP contribution is 1.83. The van der Waals surface area contributed by atoms with E-state index in [0.29, 0.717) is 66.1 Å². The van der Waals surface area contributed by atoms with Crippen LogP contribution in [0.15, 0.2) is 0 Å². The van der Waals surface area contributed by atoms with E-state index in [-0.39, 0.29) is 0 Å². The van der Waals surface area contributed by atoms with Gasteiger partial charge in [0.15, 0.2) is 0 Å². The lowest BCUT2D eigenvalue weighted by molar-refractivity contribution is -0.0140. The molecule has 0 aliphatic heterocycles. The summed E-state index contributed by atoms with van der Waals surface area (Å²) in [6.07, 6.45) is 0. The molecule has 0 heterocycles. The van der Waals surface area contributed by atoms with Gasteiger partial charge in [-0.3, -0.25) is 0 Å². The molecule has 0 rings (SSSR count). The van der Waals surface area contributed by atoms with Crippen LogP contribution >= 0.6 is 0 Å². The van der Waals surface area contributed by atoms with Crippen molar-refractivity contribution in [1.82, 2.24) is 0 Å². The van der Waals surface area contributed by atoms with Gasteiger partial charge in [0, 0.05) is 13.7 Å². The summed E-state index contributed by atoms with van der Waals surface area (Å²) in [4.78, 5) is 0. The summed E-state index contributed by atoms with van der Waals surface area (Å²) in [7, 11) is 1.65. The van der Waals surface area contributed by atoms with Crippen molar-refractivity contribution >= 4 is 0 Å². The third kappa shape index (κ3) is 17.8. The fourth-order valence-corrected chi connectivity index (χ4v) is 1.17. The minimum absolute atomic E-state index is 0.576. The molecule has 0 fully saturated rings. The van der Waals surface area contributed by atoms with E-state index < -0.39 is 0 Å². The van der Waals surface area contributed by atoms with Gasteiger partial charge < -0.3 is 28.4 Å². The maximum Gasteiger partial charge on any atom is 0.0701 e. The Bertz CT molecular complexity index is 140. The molecule has 0 unspecified atom stereocenters. The molecule has 0 N–H and O–H groups in total. The van der Waals surface area contributed by atoms with Crippen molar-refractivity contribution in [3.05, 3.63) is 0 Å². The Kier molecular flexibility index (Phi) is 17.5. The quantitative estimate of drug-likeness (QED) is 0.389. The second-order valence-electron chi connectivity index (χ2n) is 3.64. The summed E-state index contributed by atoms with van der Waals surface area (Å²) >= 11 is 0. The van der Waals surface area contributed by atoms with E-state index in [1.165, 1.54) is 0 Å². The van der Waals surface area contributed by atoms with Crippen molar-refractivity contribution in [1.29, 1.82) is 0 Å². The predicted molar refractivity (Wildman–Crippen MR) is 71.6 cm³/mol. The van der Waals surface area contributed by atoms with Crippen LogP contribution in [-0.4, -0.2) is 79.8 Å². The second kappa shape index (κ2) is 17.8. The Morgan fingerprint density at radius 2 is 0.789 bits per heavy atom. The van der Waals surface area contributed by atoms with Gasteiger partial charge in [-0.25, -0.2) is 0 Å². The van der Waals surface area contributed by atoms with Crippen LogP contribution in [0.3, 0.4) is 0 Å². The number of hydrogen-bond donors (Lipinski definition) is 0. The maximum absolute atomic E-state index is 5.33. The zero-order chi connectivity index (χ0) is 14.0. The van der Waals surface area contributed by atoms with Crippen LogP contribution in [0.1, 0.15) is 6.92 Å². The topological polar surface area (TPSA) is 55.4 Å². The van der Waals surface area contributed by atoms with Gasteiger partial charge in [0.05, 0.1) is 66.1 Å².